The average molecular weight is 388 g/mol. The Labute approximate surface area is 118 Å². The van der Waals surface area contributed by atoms with E-state index in [4.69, 9.17) is 9.84 Å². The first kappa shape index (κ1) is 14.6. The molecule has 0 radical (unpaired) electrons. The maximum Gasteiger partial charge on any atom is 0.361 e. The molecule has 10 heteroatoms. The summed E-state index contributed by atoms with van der Waals surface area (Å²) in [5, 5.41) is 28.2. The third-order valence-electron chi connectivity index (χ3n) is 2.81. The standard InChI is InChI=1S/C9H10FIN2O6/c10-12-1-3(11)7(17)13(9(12)18)8-6(16)5(15)4(2-14)19-8/h1,4-6,8,14-16H,2H2/t4-,5-,6-,8?/m1/s1. The molecule has 2 heterocycles. The maximum atomic E-state index is 13.3. The van der Waals surface area contributed by atoms with Crippen LogP contribution < -0.4 is 11.2 Å². The minimum Gasteiger partial charge on any atom is -0.394 e. The second-order valence-corrected chi connectivity index (χ2v) is 5.14. The van der Waals surface area contributed by atoms with Gasteiger partial charge in [0.05, 0.1) is 16.4 Å². The first-order valence-corrected chi connectivity index (χ1v) is 6.28. The smallest absolute Gasteiger partial charge is 0.361 e. The predicted molar refractivity (Wildman–Crippen MR) is 67.2 cm³/mol. The van der Waals surface area contributed by atoms with E-state index in [1.54, 1.807) is 0 Å². The fourth-order valence-corrected chi connectivity index (χ4v) is 2.34. The van der Waals surface area contributed by atoms with Crippen molar-refractivity contribution < 1.29 is 24.5 Å². The zero-order valence-corrected chi connectivity index (χ0v) is 11.5. The van der Waals surface area contributed by atoms with Gasteiger partial charge in [-0.2, -0.15) is 0 Å². The molecule has 1 unspecified atom stereocenters. The van der Waals surface area contributed by atoms with E-state index in [-0.39, 0.29) is 8.36 Å². The van der Waals surface area contributed by atoms with E-state index in [9.17, 15) is 24.3 Å². The number of aliphatic hydroxyl groups excluding tert-OH is 3. The molecule has 1 aliphatic rings. The van der Waals surface area contributed by atoms with Gasteiger partial charge < -0.3 is 20.1 Å². The van der Waals surface area contributed by atoms with E-state index in [0.29, 0.717) is 10.8 Å². The Hall–Kier alpha value is -0.820. The van der Waals surface area contributed by atoms with Crippen LogP contribution in [0.15, 0.2) is 15.8 Å². The fourth-order valence-electron chi connectivity index (χ4n) is 1.83. The summed E-state index contributed by atoms with van der Waals surface area (Å²) in [6.07, 6.45) is -5.11. The molecule has 1 aromatic heterocycles. The van der Waals surface area contributed by atoms with Gasteiger partial charge in [-0.05, 0) is 22.6 Å². The monoisotopic (exact) mass is 388 g/mol. The number of hydrogen-bond acceptors (Lipinski definition) is 6. The maximum absolute atomic E-state index is 13.3. The molecule has 0 amide bonds. The van der Waals surface area contributed by atoms with Gasteiger partial charge in [0, 0.05) is 0 Å². The number of rotatable bonds is 2. The van der Waals surface area contributed by atoms with E-state index in [2.05, 4.69) is 0 Å². The van der Waals surface area contributed by atoms with Gasteiger partial charge in [-0.1, -0.05) is 4.48 Å². The van der Waals surface area contributed by atoms with Gasteiger partial charge in [0.1, 0.15) is 18.3 Å². The van der Waals surface area contributed by atoms with Gasteiger partial charge in [0.2, 0.25) is 0 Å². The average Bonchev–Trinajstić information content (AvgIpc) is 2.65. The van der Waals surface area contributed by atoms with Crippen LogP contribution in [0.1, 0.15) is 6.23 Å². The molecule has 106 valence electrons. The number of hydrogen-bond donors (Lipinski definition) is 3. The molecule has 0 aromatic carbocycles. The van der Waals surface area contributed by atoms with E-state index in [0.717, 1.165) is 0 Å². The summed E-state index contributed by atoms with van der Waals surface area (Å²) in [5.41, 5.74) is -2.19. The number of aromatic nitrogens is 2. The van der Waals surface area contributed by atoms with Gasteiger partial charge in [0.25, 0.3) is 5.56 Å². The number of aliphatic hydroxyl groups is 3. The lowest BCUT2D eigenvalue weighted by Crippen LogP contribution is -2.45. The van der Waals surface area contributed by atoms with E-state index >= 15 is 0 Å². The lowest BCUT2D eigenvalue weighted by atomic mass is 10.1. The van der Waals surface area contributed by atoms with Crippen molar-refractivity contribution in [1.29, 1.82) is 0 Å². The largest absolute Gasteiger partial charge is 0.394 e. The Morgan fingerprint density at radius 3 is 2.53 bits per heavy atom. The zero-order chi connectivity index (χ0) is 14.3. The summed E-state index contributed by atoms with van der Waals surface area (Å²) in [6.45, 7) is -0.614. The minimum absolute atomic E-state index is 0.0996. The van der Waals surface area contributed by atoms with Crippen molar-refractivity contribution in [1.82, 2.24) is 9.36 Å². The highest BCUT2D eigenvalue weighted by molar-refractivity contribution is 14.1. The Morgan fingerprint density at radius 2 is 2.00 bits per heavy atom. The quantitative estimate of drug-likeness (QED) is 0.504. The van der Waals surface area contributed by atoms with Crippen molar-refractivity contribution in [3.8, 4) is 0 Å². The second-order valence-electron chi connectivity index (χ2n) is 3.97. The van der Waals surface area contributed by atoms with Crippen LogP contribution >= 0.6 is 22.6 Å². The van der Waals surface area contributed by atoms with Crippen molar-refractivity contribution in [2.24, 2.45) is 0 Å². The third-order valence-corrected chi connectivity index (χ3v) is 3.55. The lowest BCUT2D eigenvalue weighted by molar-refractivity contribution is -0.0580. The fraction of sp³-hybridized carbons (Fsp3) is 0.556. The molecule has 0 spiro atoms. The van der Waals surface area contributed by atoms with Gasteiger partial charge in [-0.3, -0.25) is 4.79 Å². The van der Waals surface area contributed by atoms with Gasteiger partial charge in [-0.15, -0.1) is 4.79 Å². The molecule has 0 bridgehead atoms. The molecule has 3 N–H and O–H groups in total. The van der Waals surface area contributed by atoms with Crippen LogP contribution in [0.3, 0.4) is 0 Å². The summed E-state index contributed by atoms with van der Waals surface area (Å²) >= 11 is 1.52. The van der Waals surface area contributed by atoms with Crippen molar-refractivity contribution in [2.45, 2.75) is 24.5 Å². The van der Waals surface area contributed by atoms with E-state index in [1.807, 2.05) is 0 Å². The first-order valence-electron chi connectivity index (χ1n) is 5.20. The molecule has 8 nitrogen and oxygen atoms in total. The van der Waals surface area contributed by atoms with E-state index < -0.39 is 42.4 Å². The van der Waals surface area contributed by atoms with Crippen LogP contribution in [-0.4, -0.2) is 49.6 Å². The Bertz CT molecular complexity index is 567. The molecule has 0 aliphatic carbocycles. The molecule has 1 fully saturated rings. The highest BCUT2D eigenvalue weighted by atomic mass is 127. The molecular formula is C9H10FIN2O6. The van der Waals surface area contributed by atoms with Gasteiger partial charge in [0.15, 0.2) is 6.23 Å². The Balaban J connectivity index is 2.55. The van der Waals surface area contributed by atoms with Crippen LogP contribution in [0.2, 0.25) is 0 Å². The molecule has 19 heavy (non-hydrogen) atoms. The Morgan fingerprint density at radius 1 is 1.37 bits per heavy atom. The number of ether oxygens (including phenoxy) is 1. The van der Waals surface area contributed by atoms with Crippen LogP contribution in [0, 0.1) is 3.57 Å². The molecule has 4 atom stereocenters. The SMILES string of the molecule is O=c1c(I)cn(F)c(=O)n1C1O[C@H](CO)[C@@H](O)[C@H]1O. The Kier molecular flexibility index (Phi) is 4.06. The van der Waals surface area contributed by atoms with Crippen LogP contribution in [0.5, 0.6) is 0 Å². The molecule has 2 rings (SSSR count). The van der Waals surface area contributed by atoms with Crippen molar-refractivity contribution >= 4 is 22.6 Å². The van der Waals surface area contributed by atoms with Crippen molar-refractivity contribution in [2.75, 3.05) is 6.61 Å². The predicted octanol–water partition coefficient (Wildman–Crippen LogP) is -2.04. The number of halogens is 2. The van der Waals surface area contributed by atoms with Gasteiger partial charge >= 0.3 is 5.69 Å². The van der Waals surface area contributed by atoms with Crippen LogP contribution in [0.25, 0.3) is 0 Å². The molecule has 0 saturated carbocycles. The first-order chi connectivity index (χ1) is 8.88. The summed E-state index contributed by atoms with van der Waals surface area (Å²) in [5.74, 6) is 0. The number of nitrogens with zero attached hydrogens (tertiary/aromatic N) is 2. The topological polar surface area (TPSA) is 114 Å². The lowest BCUT2D eigenvalue weighted by Gasteiger charge is -2.16. The zero-order valence-electron chi connectivity index (χ0n) is 9.31. The summed E-state index contributed by atoms with van der Waals surface area (Å²) in [7, 11) is 0. The van der Waals surface area contributed by atoms with Crippen molar-refractivity contribution in [3.63, 3.8) is 0 Å². The van der Waals surface area contributed by atoms with Gasteiger partial charge in [-0.25, -0.2) is 9.36 Å². The second kappa shape index (κ2) is 5.28. The van der Waals surface area contributed by atoms with Crippen LogP contribution in [-0.2, 0) is 4.74 Å². The third kappa shape index (κ3) is 2.33. The summed E-state index contributed by atoms with van der Waals surface area (Å²) < 4.78 is 18.6. The highest BCUT2D eigenvalue weighted by Gasteiger charge is 2.44. The summed E-state index contributed by atoms with van der Waals surface area (Å²) in [6, 6.07) is 0. The highest BCUT2D eigenvalue weighted by Crippen LogP contribution is 2.27. The minimum atomic E-state index is -1.62. The molecular weight excluding hydrogens is 378 g/mol. The normalized spacial score (nSPS) is 30.8. The molecule has 1 saturated heterocycles. The summed E-state index contributed by atoms with van der Waals surface area (Å²) in [4.78, 5) is 23.1. The van der Waals surface area contributed by atoms with E-state index in [1.165, 1.54) is 22.6 Å². The molecule has 1 aromatic rings. The van der Waals surface area contributed by atoms with Crippen LogP contribution in [0.4, 0.5) is 4.48 Å². The van der Waals surface area contributed by atoms with Crippen molar-refractivity contribution in [3.05, 3.63) is 30.6 Å². The molecule has 1 aliphatic heterocycles.